The number of nitriles is 1. The van der Waals surface area contributed by atoms with Crippen LogP contribution in [0.4, 0.5) is 5.69 Å². The molecule has 0 spiro atoms. The maximum atomic E-state index is 12.8. The normalized spacial score (nSPS) is 11.3. The summed E-state index contributed by atoms with van der Waals surface area (Å²) in [6, 6.07) is 16.3. The van der Waals surface area contributed by atoms with Crippen LogP contribution >= 0.6 is 0 Å². The first-order valence-electron chi connectivity index (χ1n) is 10.5. The van der Waals surface area contributed by atoms with Crippen molar-refractivity contribution in [2.24, 2.45) is 0 Å². The van der Waals surface area contributed by atoms with Crippen molar-refractivity contribution in [3.8, 4) is 11.8 Å². The molecule has 0 aliphatic rings. The van der Waals surface area contributed by atoms with Crippen molar-refractivity contribution >= 4 is 17.7 Å². The lowest BCUT2D eigenvalue weighted by molar-refractivity contribution is -0.112. The van der Waals surface area contributed by atoms with Gasteiger partial charge >= 0.3 is 0 Å². The van der Waals surface area contributed by atoms with Crippen LogP contribution in [0.3, 0.4) is 0 Å². The monoisotopic (exact) mass is 411 g/mol. The molecule has 1 aromatic heterocycles. The van der Waals surface area contributed by atoms with Crippen LogP contribution in [0.5, 0.6) is 0 Å². The lowest BCUT2D eigenvalue weighted by atomic mass is 10.1. The van der Waals surface area contributed by atoms with Crippen LogP contribution in [-0.4, -0.2) is 10.5 Å². The zero-order valence-electron chi connectivity index (χ0n) is 19.1. The molecule has 3 rings (SSSR count). The van der Waals surface area contributed by atoms with Crippen LogP contribution < -0.4 is 5.32 Å². The summed E-state index contributed by atoms with van der Waals surface area (Å²) in [4.78, 5) is 12.8. The summed E-state index contributed by atoms with van der Waals surface area (Å²) in [6.45, 7) is 12.3. The molecule has 3 aromatic rings. The van der Waals surface area contributed by atoms with E-state index in [0.717, 1.165) is 40.2 Å². The Bertz CT molecular complexity index is 1220. The number of aromatic nitrogens is 1. The summed E-state index contributed by atoms with van der Waals surface area (Å²) in [7, 11) is 0. The Morgan fingerprint density at radius 1 is 1.06 bits per heavy atom. The highest BCUT2D eigenvalue weighted by Crippen LogP contribution is 2.28. The summed E-state index contributed by atoms with van der Waals surface area (Å²) in [5.74, 6) is -0.399. The molecule has 0 radical (unpaired) electrons. The highest BCUT2D eigenvalue weighted by atomic mass is 16.1. The molecule has 0 fully saturated rings. The summed E-state index contributed by atoms with van der Waals surface area (Å²) in [6.07, 6.45) is 2.61. The summed E-state index contributed by atoms with van der Waals surface area (Å²) in [5.41, 5.74) is 9.49. The number of hydrogen-bond acceptors (Lipinski definition) is 2. The highest BCUT2D eigenvalue weighted by Gasteiger charge is 2.17. The molecule has 1 heterocycles. The van der Waals surface area contributed by atoms with Crippen molar-refractivity contribution in [2.45, 2.75) is 48.0 Å². The number of carbonyl (C=O) groups is 1. The van der Waals surface area contributed by atoms with Crippen LogP contribution in [0, 0.1) is 45.9 Å². The van der Waals surface area contributed by atoms with E-state index in [1.54, 1.807) is 6.08 Å². The quantitative estimate of drug-likeness (QED) is 0.406. The Morgan fingerprint density at radius 2 is 1.81 bits per heavy atom. The molecular formula is C27H29N3O. The van der Waals surface area contributed by atoms with Gasteiger partial charge in [0.05, 0.1) is 5.69 Å². The fraction of sp³-hybridized carbons (Fsp3) is 0.259. The van der Waals surface area contributed by atoms with Crippen molar-refractivity contribution in [1.82, 2.24) is 4.57 Å². The van der Waals surface area contributed by atoms with Crippen molar-refractivity contribution in [3.63, 3.8) is 0 Å². The number of para-hydroxylation sites is 1. The first-order chi connectivity index (χ1) is 14.8. The Balaban J connectivity index is 2.01. The van der Waals surface area contributed by atoms with Gasteiger partial charge in [-0.1, -0.05) is 42.8 Å². The standard InChI is InChI=1S/C27H29N3O/c1-7-22-10-8-9-18(3)26(22)30-20(5)14-23(21(30)6)15-24(16-28)27(31)29-25-12-11-17(2)13-19(25)4/h8-15H,7H2,1-6H3,(H,29,31). The van der Waals surface area contributed by atoms with E-state index in [4.69, 9.17) is 0 Å². The minimum absolute atomic E-state index is 0.0840. The number of hydrogen-bond donors (Lipinski definition) is 1. The van der Waals surface area contributed by atoms with Gasteiger partial charge in [-0.05, 0) is 81.5 Å². The SMILES string of the molecule is CCc1cccc(C)c1-n1c(C)cc(C=C(C#N)C(=O)Nc2ccc(C)cc2C)c1C. The summed E-state index contributed by atoms with van der Waals surface area (Å²) in [5, 5.41) is 12.5. The van der Waals surface area contributed by atoms with E-state index in [9.17, 15) is 10.1 Å². The maximum Gasteiger partial charge on any atom is 0.266 e. The van der Waals surface area contributed by atoms with Gasteiger partial charge in [0.1, 0.15) is 11.6 Å². The summed E-state index contributed by atoms with van der Waals surface area (Å²) < 4.78 is 2.22. The minimum Gasteiger partial charge on any atom is -0.321 e. The van der Waals surface area contributed by atoms with Crippen LogP contribution in [-0.2, 0) is 11.2 Å². The maximum absolute atomic E-state index is 12.8. The molecule has 0 atom stereocenters. The molecule has 0 aliphatic carbocycles. The number of amides is 1. The third-order valence-corrected chi connectivity index (χ3v) is 5.69. The second kappa shape index (κ2) is 9.06. The van der Waals surface area contributed by atoms with Gasteiger partial charge in [0.15, 0.2) is 0 Å². The zero-order valence-corrected chi connectivity index (χ0v) is 19.1. The van der Waals surface area contributed by atoms with Crippen LogP contribution in [0.1, 0.15) is 46.1 Å². The number of aryl methyl sites for hydroxylation is 5. The average molecular weight is 412 g/mol. The van der Waals surface area contributed by atoms with Gasteiger partial charge in [-0.3, -0.25) is 4.79 Å². The molecule has 158 valence electrons. The Morgan fingerprint density at radius 3 is 2.45 bits per heavy atom. The Kier molecular flexibility index (Phi) is 6.46. The molecule has 2 aromatic carbocycles. The first kappa shape index (κ1) is 22.1. The minimum atomic E-state index is -0.399. The number of rotatable bonds is 5. The lowest BCUT2D eigenvalue weighted by Gasteiger charge is -2.17. The number of carbonyl (C=O) groups excluding carboxylic acids is 1. The van der Waals surface area contributed by atoms with Crippen LogP contribution in [0.25, 0.3) is 11.8 Å². The van der Waals surface area contributed by atoms with Crippen LogP contribution in [0.15, 0.2) is 48.0 Å². The molecule has 0 unspecified atom stereocenters. The van der Waals surface area contributed by atoms with E-state index < -0.39 is 5.91 Å². The molecular weight excluding hydrogens is 382 g/mol. The third kappa shape index (κ3) is 4.46. The largest absolute Gasteiger partial charge is 0.321 e. The van der Waals surface area contributed by atoms with E-state index in [0.29, 0.717) is 0 Å². The second-order valence-electron chi connectivity index (χ2n) is 8.04. The molecule has 0 saturated carbocycles. The van der Waals surface area contributed by atoms with E-state index in [1.165, 1.54) is 16.8 Å². The molecule has 0 saturated heterocycles. The van der Waals surface area contributed by atoms with Gasteiger partial charge in [0, 0.05) is 17.1 Å². The highest BCUT2D eigenvalue weighted by molar-refractivity contribution is 6.10. The van der Waals surface area contributed by atoms with Gasteiger partial charge in [0.2, 0.25) is 0 Å². The predicted octanol–water partition coefficient (Wildman–Crippen LogP) is 6.13. The predicted molar refractivity (Wildman–Crippen MR) is 127 cm³/mol. The fourth-order valence-electron chi connectivity index (χ4n) is 4.05. The van der Waals surface area contributed by atoms with Crippen molar-refractivity contribution < 1.29 is 4.79 Å². The number of anilines is 1. The average Bonchev–Trinajstić information content (AvgIpc) is 3.00. The number of nitrogens with one attached hydrogen (secondary N) is 1. The molecule has 4 nitrogen and oxygen atoms in total. The van der Waals surface area contributed by atoms with Gasteiger partial charge < -0.3 is 9.88 Å². The van der Waals surface area contributed by atoms with Gasteiger partial charge in [-0.15, -0.1) is 0 Å². The topological polar surface area (TPSA) is 57.8 Å². The lowest BCUT2D eigenvalue weighted by Crippen LogP contribution is -2.14. The van der Waals surface area contributed by atoms with E-state index in [-0.39, 0.29) is 5.57 Å². The molecule has 0 aliphatic heterocycles. The smallest absolute Gasteiger partial charge is 0.266 e. The van der Waals surface area contributed by atoms with E-state index in [2.05, 4.69) is 54.9 Å². The number of nitrogens with zero attached hydrogens (tertiary/aromatic N) is 2. The zero-order chi connectivity index (χ0) is 22.7. The molecule has 1 amide bonds. The molecule has 4 heteroatoms. The van der Waals surface area contributed by atoms with E-state index in [1.807, 2.05) is 45.0 Å². The first-order valence-corrected chi connectivity index (χ1v) is 10.5. The third-order valence-electron chi connectivity index (χ3n) is 5.69. The number of benzene rings is 2. The molecule has 0 bridgehead atoms. The Labute approximate surface area is 184 Å². The van der Waals surface area contributed by atoms with Crippen molar-refractivity contribution in [1.29, 1.82) is 5.26 Å². The van der Waals surface area contributed by atoms with Crippen molar-refractivity contribution in [3.05, 3.63) is 87.2 Å². The molecule has 1 N–H and O–H groups in total. The van der Waals surface area contributed by atoms with Crippen molar-refractivity contribution in [2.75, 3.05) is 5.32 Å². The Hall–Kier alpha value is -3.58. The van der Waals surface area contributed by atoms with E-state index >= 15 is 0 Å². The van der Waals surface area contributed by atoms with Gasteiger partial charge in [-0.25, -0.2) is 0 Å². The summed E-state index contributed by atoms with van der Waals surface area (Å²) >= 11 is 0. The van der Waals surface area contributed by atoms with Gasteiger partial charge in [-0.2, -0.15) is 5.26 Å². The van der Waals surface area contributed by atoms with Gasteiger partial charge in [0.25, 0.3) is 5.91 Å². The second-order valence-corrected chi connectivity index (χ2v) is 8.04. The van der Waals surface area contributed by atoms with Crippen LogP contribution in [0.2, 0.25) is 0 Å². The fourth-order valence-corrected chi connectivity index (χ4v) is 4.05. The molecule has 31 heavy (non-hydrogen) atoms.